The molecule has 0 saturated carbocycles. The Morgan fingerprint density at radius 2 is 1.90 bits per heavy atom. The quantitative estimate of drug-likeness (QED) is 0.855. The number of hydrogen-bond donors (Lipinski definition) is 1. The van der Waals surface area contributed by atoms with Gasteiger partial charge in [-0.05, 0) is 70.1 Å². The SMILES string of the molecule is Nc1ccc(S(=O)Cc2ccc3c(c2)CCC3)c(Br)c1. The van der Waals surface area contributed by atoms with E-state index in [1.54, 1.807) is 12.1 Å². The van der Waals surface area contributed by atoms with Gasteiger partial charge in [-0.15, -0.1) is 0 Å². The third-order valence-corrected chi connectivity index (χ3v) is 6.02. The highest BCUT2D eigenvalue weighted by atomic mass is 79.9. The van der Waals surface area contributed by atoms with E-state index >= 15 is 0 Å². The van der Waals surface area contributed by atoms with E-state index in [0.717, 1.165) is 21.4 Å². The fourth-order valence-electron chi connectivity index (χ4n) is 2.65. The number of nitrogens with two attached hydrogens (primary N) is 1. The molecule has 0 spiro atoms. The molecule has 0 amide bonds. The number of rotatable bonds is 3. The van der Waals surface area contributed by atoms with Crippen molar-refractivity contribution in [3.05, 3.63) is 57.6 Å². The van der Waals surface area contributed by atoms with Crippen molar-refractivity contribution in [3.63, 3.8) is 0 Å². The first-order valence-corrected chi connectivity index (χ1v) is 8.79. The van der Waals surface area contributed by atoms with Crippen LogP contribution in [0.3, 0.4) is 0 Å². The zero-order chi connectivity index (χ0) is 14.1. The lowest BCUT2D eigenvalue weighted by molar-refractivity contribution is 0.682. The molecule has 0 aromatic heterocycles. The Morgan fingerprint density at radius 1 is 1.10 bits per heavy atom. The summed E-state index contributed by atoms with van der Waals surface area (Å²) in [5, 5.41) is 0. The monoisotopic (exact) mass is 349 g/mol. The van der Waals surface area contributed by atoms with Gasteiger partial charge in [0.25, 0.3) is 0 Å². The molecule has 0 heterocycles. The van der Waals surface area contributed by atoms with Crippen LogP contribution in [0, 0.1) is 0 Å². The normalized spacial score (nSPS) is 15.1. The van der Waals surface area contributed by atoms with Crippen LogP contribution < -0.4 is 5.73 Å². The molecule has 20 heavy (non-hydrogen) atoms. The summed E-state index contributed by atoms with van der Waals surface area (Å²) in [5.41, 5.74) is 10.4. The Hall–Kier alpha value is -1.13. The first kappa shape index (κ1) is 13.8. The summed E-state index contributed by atoms with van der Waals surface area (Å²) in [6.45, 7) is 0. The molecule has 2 N–H and O–H groups in total. The Bertz CT molecular complexity index is 684. The first-order chi connectivity index (χ1) is 9.63. The average molecular weight is 350 g/mol. The molecule has 1 aliphatic carbocycles. The summed E-state index contributed by atoms with van der Waals surface area (Å²) in [5.74, 6) is 0.551. The van der Waals surface area contributed by atoms with E-state index in [4.69, 9.17) is 5.73 Å². The molecule has 2 aromatic carbocycles. The Morgan fingerprint density at radius 3 is 2.70 bits per heavy atom. The number of aryl methyl sites for hydroxylation is 2. The molecule has 0 fully saturated rings. The van der Waals surface area contributed by atoms with Crippen LogP contribution in [0.5, 0.6) is 0 Å². The van der Waals surface area contributed by atoms with E-state index in [1.807, 2.05) is 6.07 Å². The topological polar surface area (TPSA) is 43.1 Å². The molecule has 1 atom stereocenters. The van der Waals surface area contributed by atoms with Gasteiger partial charge in [-0.1, -0.05) is 18.2 Å². The summed E-state index contributed by atoms with van der Waals surface area (Å²) >= 11 is 3.44. The maximum atomic E-state index is 12.5. The van der Waals surface area contributed by atoms with Gasteiger partial charge in [0.1, 0.15) is 0 Å². The van der Waals surface area contributed by atoms with Crippen LogP contribution in [0.4, 0.5) is 5.69 Å². The van der Waals surface area contributed by atoms with Crippen molar-refractivity contribution in [3.8, 4) is 0 Å². The van der Waals surface area contributed by atoms with Crippen LogP contribution in [0.1, 0.15) is 23.1 Å². The summed E-state index contributed by atoms with van der Waals surface area (Å²) in [6, 6.07) is 11.9. The largest absolute Gasteiger partial charge is 0.399 e. The molecule has 2 nitrogen and oxygen atoms in total. The highest BCUT2D eigenvalue weighted by Gasteiger charge is 2.13. The molecule has 0 bridgehead atoms. The van der Waals surface area contributed by atoms with Gasteiger partial charge in [0.2, 0.25) is 0 Å². The lowest BCUT2D eigenvalue weighted by Crippen LogP contribution is -1.99. The molecular formula is C16H16BrNOS. The van der Waals surface area contributed by atoms with Crippen molar-refractivity contribution < 1.29 is 4.21 Å². The van der Waals surface area contributed by atoms with Crippen LogP contribution in [0.2, 0.25) is 0 Å². The van der Waals surface area contributed by atoms with Gasteiger partial charge in [-0.25, -0.2) is 0 Å². The fourth-order valence-corrected chi connectivity index (χ4v) is 4.72. The molecule has 2 aromatic rings. The second-order valence-electron chi connectivity index (χ2n) is 5.14. The van der Waals surface area contributed by atoms with Crippen molar-refractivity contribution in [2.45, 2.75) is 29.9 Å². The summed E-state index contributed by atoms with van der Waals surface area (Å²) < 4.78 is 13.3. The summed E-state index contributed by atoms with van der Waals surface area (Å²) in [6.07, 6.45) is 3.58. The number of nitrogen functional groups attached to an aromatic ring is 1. The number of anilines is 1. The third-order valence-electron chi connectivity index (χ3n) is 3.66. The molecule has 0 radical (unpaired) electrons. The van der Waals surface area contributed by atoms with Gasteiger partial charge in [0.15, 0.2) is 0 Å². The van der Waals surface area contributed by atoms with E-state index in [-0.39, 0.29) is 0 Å². The highest BCUT2D eigenvalue weighted by Crippen LogP contribution is 2.27. The smallest absolute Gasteiger partial charge is 0.0585 e. The van der Waals surface area contributed by atoms with Gasteiger partial charge in [0, 0.05) is 10.2 Å². The lowest BCUT2D eigenvalue weighted by atomic mass is 10.1. The zero-order valence-corrected chi connectivity index (χ0v) is 13.5. The lowest BCUT2D eigenvalue weighted by Gasteiger charge is -2.07. The van der Waals surface area contributed by atoms with Gasteiger partial charge in [-0.2, -0.15) is 0 Å². The van der Waals surface area contributed by atoms with Crippen molar-refractivity contribution >= 4 is 32.4 Å². The van der Waals surface area contributed by atoms with E-state index in [9.17, 15) is 4.21 Å². The molecule has 4 heteroatoms. The van der Waals surface area contributed by atoms with Crippen molar-refractivity contribution in [1.29, 1.82) is 0 Å². The minimum Gasteiger partial charge on any atom is -0.399 e. The third kappa shape index (κ3) is 2.81. The highest BCUT2D eigenvalue weighted by molar-refractivity contribution is 9.10. The second-order valence-corrected chi connectivity index (χ2v) is 7.41. The van der Waals surface area contributed by atoms with Gasteiger partial charge >= 0.3 is 0 Å². The number of benzene rings is 2. The van der Waals surface area contributed by atoms with Crippen LogP contribution in [0.25, 0.3) is 0 Å². The number of halogens is 1. The van der Waals surface area contributed by atoms with Crippen LogP contribution in [-0.2, 0) is 29.4 Å². The fraction of sp³-hybridized carbons (Fsp3) is 0.250. The van der Waals surface area contributed by atoms with Gasteiger partial charge < -0.3 is 5.73 Å². The summed E-state index contributed by atoms with van der Waals surface area (Å²) in [4.78, 5) is 0.805. The van der Waals surface area contributed by atoms with E-state index in [2.05, 4.69) is 34.1 Å². The minimum atomic E-state index is -1.05. The van der Waals surface area contributed by atoms with Crippen LogP contribution in [0.15, 0.2) is 45.8 Å². The van der Waals surface area contributed by atoms with Crippen LogP contribution >= 0.6 is 15.9 Å². The van der Waals surface area contributed by atoms with E-state index in [0.29, 0.717) is 11.4 Å². The van der Waals surface area contributed by atoms with E-state index < -0.39 is 10.8 Å². The van der Waals surface area contributed by atoms with Crippen molar-refractivity contribution in [1.82, 2.24) is 0 Å². The Labute approximate surface area is 130 Å². The first-order valence-electron chi connectivity index (χ1n) is 6.67. The maximum absolute atomic E-state index is 12.5. The molecular weight excluding hydrogens is 334 g/mol. The predicted octanol–water partition coefficient (Wildman–Crippen LogP) is 3.83. The molecule has 0 saturated heterocycles. The maximum Gasteiger partial charge on any atom is 0.0585 e. The molecule has 1 aliphatic rings. The Balaban J connectivity index is 1.82. The van der Waals surface area contributed by atoms with Crippen molar-refractivity contribution in [2.75, 3.05) is 5.73 Å². The van der Waals surface area contributed by atoms with Gasteiger partial charge in [-0.3, -0.25) is 4.21 Å². The predicted molar refractivity (Wildman–Crippen MR) is 87.1 cm³/mol. The minimum absolute atomic E-state index is 0.551. The molecule has 3 rings (SSSR count). The summed E-state index contributed by atoms with van der Waals surface area (Å²) in [7, 11) is -1.05. The molecule has 104 valence electrons. The van der Waals surface area contributed by atoms with Crippen molar-refractivity contribution in [2.24, 2.45) is 0 Å². The second kappa shape index (κ2) is 5.70. The Kier molecular flexibility index (Phi) is 3.94. The average Bonchev–Trinajstić information content (AvgIpc) is 2.85. The molecule has 1 unspecified atom stereocenters. The number of fused-ring (bicyclic) bond motifs is 1. The van der Waals surface area contributed by atoms with E-state index in [1.165, 1.54) is 24.0 Å². The number of hydrogen-bond acceptors (Lipinski definition) is 2. The standard InChI is InChI=1S/C16H16BrNOS/c17-15-9-14(18)6-7-16(15)20(19)10-11-4-5-12-2-1-3-13(12)8-11/h4-9H,1-3,10,18H2. The molecule has 0 aliphatic heterocycles. The van der Waals surface area contributed by atoms with Crippen LogP contribution in [-0.4, -0.2) is 4.21 Å². The zero-order valence-electron chi connectivity index (χ0n) is 11.1. The van der Waals surface area contributed by atoms with Gasteiger partial charge in [0.05, 0.1) is 21.4 Å².